The smallest absolute Gasteiger partial charge is 0.0955 e. The molecule has 0 aromatic carbocycles. The summed E-state index contributed by atoms with van der Waals surface area (Å²) >= 11 is 0. The summed E-state index contributed by atoms with van der Waals surface area (Å²) in [7, 11) is 0. The first kappa shape index (κ1) is 15.8. The Morgan fingerprint density at radius 2 is 1.10 bits per heavy atom. The predicted octanol–water partition coefficient (Wildman–Crippen LogP) is 5.40. The van der Waals surface area contributed by atoms with Crippen LogP contribution in [0.3, 0.4) is 0 Å². The molecule has 2 fully saturated rings. The van der Waals surface area contributed by atoms with Crippen molar-refractivity contribution in [3.63, 3.8) is 0 Å². The lowest BCUT2D eigenvalue weighted by atomic mass is 9.80. The first-order valence-corrected chi connectivity index (χ1v) is 8.70. The van der Waals surface area contributed by atoms with Crippen LogP contribution in [0.5, 0.6) is 0 Å². The van der Waals surface area contributed by atoms with Crippen LogP contribution in [0.1, 0.15) is 77.0 Å². The molecule has 114 valence electrons. The Hall–Kier alpha value is -0.560. The van der Waals surface area contributed by atoms with Gasteiger partial charge in [0.1, 0.15) is 0 Å². The minimum absolute atomic E-state index is 0.459. The Morgan fingerprint density at radius 3 is 1.45 bits per heavy atom. The molecule has 0 aliphatic heterocycles. The summed E-state index contributed by atoms with van der Waals surface area (Å²) in [6.07, 6.45) is 15.0. The third-order valence-electron chi connectivity index (χ3n) is 5.32. The maximum atomic E-state index is 10.4. The summed E-state index contributed by atoms with van der Waals surface area (Å²) in [5.41, 5.74) is 2.02. The Kier molecular flexibility index (Phi) is 6.35. The molecule has 20 heavy (non-hydrogen) atoms. The average molecular weight is 276 g/mol. The molecule has 0 radical (unpaired) electrons. The molecule has 2 saturated carbocycles. The summed E-state index contributed by atoms with van der Waals surface area (Å²) in [4.78, 5) is 0. The number of hydrogen-bond acceptors (Lipinski definition) is 1. The highest BCUT2D eigenvalue weighted by Gasteiger charge is 2.22. The van der Waals surface area contributed by atoms with E-state index in [1.54, 1.807) is 0 Å². The van der Waals surface area contributed by atoms with Crippen LogP contribution in [-0.2, 0) is 0 Å². The van der Waals surface area contributed by atoms with E-state index in [0.717, 1.165) is 35.8 Å². The van der Waals surface area contributed by atoms with Crippen LogP contribution in [0.2, 0.25) is 0 Å². The molecular weight excluding hydrogens is 244 g/mol. The van der Waals surface area contributed by atoms with E-state index in [1.165, 1.54) is 64.2 Å². The van der Waals surface area contributed by atoms with Crippen LogP contribution < -0.4 is 0 Å². The van der Waals surface area contributed by atoms with Gasteiger partial charge in [-0.05, 0) is 35.8 Å². The van der Waals surface area contributed by atoms with Gasteiger partial charge in [0.2, 0.25) is 0 Å². The predicted molar refractivity (Wildman–Crippen MR) is 86.7 cm³/mol. The molecule has 0 aromatic heterocycles. The van der Waals surface area contributed by atoms with Crippen molar-refractivity contribution < 1.29 is 5.11 Å². The van der Waals surface area contributed by atoms with Gasteiger partial charge in [-0.1, -0.05) is 77.4 Å². The lowest BCUT2D eigenvalue weighted by molar-refractivity contribution is 0.219. The Bertz CT molecular complexity index is 287. The summed E-state index contributed by atoms with van der Waals surface area (Å²) in [5.74, 6) is 1.52. The van der Waals surface area contributed by atoms with Gasteiger partial charge in [0.25, 0.3) is 0 Å². The van der Waals surface area contributed by atoms with E-state index >= 15 is 0 Å². The zero-order chi connectivity index (χ0) is 14.4. The number of aliphatic hydroxyl groups excluding tert-OH is 1. The van der Waals surface area contributed by atoms with Gasteiger partial charge in [0.15, 0.2) is 0 Å². The molecule has 1 nitrogen and oxygen atoms in total. The van der Waals surface area contributed by atoms with E-state index in [-0.39, 0.29) is 0 Å². The second-order valence-corrected chi connectivity index (χ2v) is 7.14. The Balaban J connectivity index is 1.74. The van der Waals surface area contributed by atoms with E-state index < -0.39 is 6.10 Å². The van der Waals surface area contributed by atoms with Crippen molar-refractivity contribution in [2.75, 3.05) is 0 Å². The molecule has 0 spiro atoms. The number of hydrogen-bond donors (Lipinski definition) is 1. The fourth-order valence-corrected chi connectivity index (χ4v) is 4.04. The molecule has 0 aromatic rings. The second-order valence-electron chi connectivity index (χ2n) is 7.14. The van der Waals surface area contributed by atoms with Gasteiger partial charge in [-0.25, -0.2) is 0 Å². The maximum absolute atomic E-state index is 10.4. The van der Waals surface area contributed by atoms with Gasteiger partial charge in [-0.2, -0.15) is 0 Å². The van der Waals surface area contributed by atoms with Gasteiger partial charge in [-0.3, -0.25) is 0 Å². The Labute approximate surface area is 125 Å². The highest BCUT2D eigenvalue weighted by Crippen LogP contribution is 2.33. The van der Waals surface area contributed by atoms with Crippen molar-refractivity contribution in [1.29, 1.82) is 0 Å². The molecule has 1 N–H and O–H groups in total. The lowest BCUT2D eigenvalue weighted by Crippen LogP contribution is -2.19. The molecule has 2 aliphatic rings. The van der Waals surface area contributed by atoms with Crippen molar-refractivity contribution in [2.45, 2.75) is 83.2 Å². The first-order chi connectivity index (χ1) is 9.66. The Morgan fingerprint density at radius 1 is 0.750 bits per heavy atom. The van der Waals surface area contributed by atoms with Crippen molar-refractivity contribution in [2.24, 2.45) is 11.8 Å². The van der Waals surface area contributed by atoms with Gasteiger partial charge in [0, 0.05) is 0 Å². The van der Waals surface area contributed by atoms with E-state index in [4.69, 9.17) is 0 Å². The van der Waals surface area contributed by atoms with E-state index in [9.17, 15) is 5.11 Å². The largest absolute Gasteiger partial charge is 0.384 e. The van der Waals surface area contributed by atoms with Crippen molar-refractivity contribution >= 4 is 0 Å². The highest BCUT2D eigenvalue weighted by molar-refractivity contribution is 5.19. The van der Waals surface area contributed by atoms with Gasteiger partial charge in [0.05, 0.1) is 6.10 Å². The minimum atomic E-state index is -0.459. The third kappa shape index (κ3) is 4.77. The van der Waals surface area contributed by atoms with E-state index in [2.05, 4.69) is 13.2 Å². The standard InChI is InChI=1S/C19H32O/c1-15(13-17-9-5-3-6-10-17)19(20)16(2)14-18-11-7-4-8-12-18/h17-20H,1-14H2. The topological polar surface area (TPSA) is 20.2 Å². The molecule has 0 atom stereocenters. The molecule has 0 saturated heterocycles. The zero-order valence-corrected chi connectivity index (χ0v) is 13.1. The van der Waals surface area contributed by atoms with Crippen LogP contribution in [0.15, 0.2) is 24.3 Å². The third-order valence-corrected chi connectivity index (χ3v) is 5.32. The van der Waals surface area contributed by atoms with Crippen molar-refractivity contribution in [1.82, 2.24) is 0 Å². The first-order valence-electron chi connectivity index (χ1n) is 8.70. The van der Waals surface area contributed by atoms with E-state index in [1.807, 2.05) is 0 Å². The second kappa shape index (κ2) is 8.02. The summed E-state index contributed by atoms with van der Waals surface area (Å²) in [6, 6.07) is 0. The van der Waals surface area contributed by atoms with Crippen LogP contribution in [0.25, 0.3) is 0 Å². The lowest BCUT2D eigenvalue weighted by Gasteiger charge is -2.27. The zero-order valence-electron chi connectivity index (χ0n) is 13.1. The van der Waals surface area contributed by atoms with Gasteiger partial charge >= 0.3 is 0 Å². The summed E-state index contributed by atoms with van der Waals surface area (Å²) in [6.45, 7) is 8.30. The molecule has 0 heterocycles. The molecular formula is C19H32O. The number of rotatable bonds is 6. The fourth-order valence-electron chi connectivity index (χ4n) is 4.04. The molecule has 1 heteroatoms. The molecule has 0 unspecified atom stereocenters. The van der Waals surface area contributed by atoms with Gasteiger partial charge in [-0.15, -0.1) is 0 Å². The molecule has 0 bridgehead atoms. The monoisotopic (exact) mass is 276 g/mol. The minimum Gasteiger partial charge on any atom is -0.384 e. The van der Waals surface area contributed by atoms with Crippen LogP contribution >= 0.6 is 0 Å². The molecule has 2 aliphatic carbocycles. The van der Waals surface area contributed by atoms with Gasteiger partial charge < -0.3 is 5.11 Å². The van der Waals surface area contributed by atoms with Crippen molar-refractivity contribution in [3.05, 3.63) is 24.3 Å². The normalized spacial score (nSPS) is 22.1. The summed E-state index contributed by atoms with van der Waals surface area (Å²) in [5, 5.41) is 10.4. The van der Waals surface area contributed by atoms with Crippen molar-refractivity contribution in [3.8, 4) is 0 Å². The van der Waals surface area contributed by atoms with Crippen LogP contribution in [-0.4, -0.2) is 11.2 Å². The highest BCUT2D eigenvalue weighted by atomic mass is 16.3. The molecule has 0 amide bonds. The maximum Gasteiger partial charge on any atom is 0.0955 e. The van der Waals surface area contributed by atoms with Crippen LogP contribution in [0.4, 0.5) is 0 Å². The fraction of sp³-hybridized carbons (Fsp3) is 0.789. The molecule has 2 rings (SSSR count). The van der Waals surface area contributed by atoms with Crippen LogP contribution in [0, 0.1) is 11.8 Å². The van der Waals surface area contributed by atoms with E-state index in [0.29, 0.717) is 0 Å². The summed E-state index contributed by atoms with van der Waals surface area (Å²) < 4.78 is 0. The SMILES string of the molecule is C=C(CC1CCCCC1)C(O)C(=C)CC1CCCCC1. The quantitative estimate of drug-likeness (QED) is 0.644. The average Bonchev–Trinajstić information content (AvgIpc) is 2.48. The number of aliphatic hydroxyl groups is 1.